The smallest absolute Gasteiger partial charge is 0.303 e. The Hall–Kier alpha value is -1.35. The summed E-state index contributed by atoms with van der Waals surface area (Å²) in [6, 6.07) is 8.14. The maximum Gasteiger partial charge on any atom is 0.303 e. The van der Waals surface area contributed by atoms with Crippen molar-refractivity contribution in [1.82, 2.24) is 0 Å². The van der Waals surface area contributed by atoms with E-state index in [1.54, 1.807) is 7.11 Å². The molecule has 0 bridgehead atoms. The molecule has 0 radical (unpaired) electrons. The fourth-order valence-corrected chi connectivity index (χ4v) is 2.54. The highest BCUT2D eigenvalue weighted by atomic mass is 16.5. The third-order valence-electron chi connectivity index (χ3n) is 3.44. The molecule has 1 aromatic rings. The number of methoxy groups -OCH3 is 1. The van der Waals surface area contributed by atoms with Gasteiger partial charge >= 0.3 is 5.97 Å². The van der Waals surface area contributed by atoms with Crippen LogP contribution >= 0.6 is 0 Å². The molecule has 0 saturated carbocycles. The molecule has 0 amide bonds. The van der Waals surface area contributed by atoms with Crippen LogP contribution in [-0.2, 0) is 21.6 Å². The fourth-order valence-electron chi connectivity index (χ4n) is 2.54. The van der Waals surface area contributed by atoms with Crippen molar-refractivity contribution in [2.75, 3.05) is 7.11 Å². The molecule has 1 aliphatic rings. The van der Waals surface area contributed by atoms with E-state index in [0.29, 0.717) is 6.42 Å². The Bertz CT molecular complexity index is 400. The van der Waals surface area contributed by atoms with Crippen LogP contribution in [-0.4, -0.2) is 18.2 Å². The van der Waals surface area contributed by atoms with Crippen LogP contribution in [0.25, 0.3) is 0 Å². The number of rotatable bonds is 4. The first-order valence-electron chi connectivity index (χ1n) is 5.53. The van der Waals surface area contributed by atoms with Gasteiger partial charge in [0.05, 0.1) is 5.60 Å². The Balaban J connectivity index is 2.26. The normalized spacial score (nSPS) is 23.1. The number of ether oxygens (including phenoxy) is 1. The maximum atomic E-state index is 10.7. The van der Waals surface area contributed by atoms with E-state index in [1.807, 2.05) is 18.2 Å². The number of aryl methyl sites for hydroxylation is 1. The van der Waals surface area contributed by atoms with Gasteiger partial charge in [-0.05, 0) is 30.4 Å². The lowest BCUT2D eigenvalue weighted by Gasteiger charge is -2.28. The molecule has 0 spiro atoms. The summed E-state index contributed by atoms with van der Waals surface area (Å²) in [6.07, 6.45) is 2.57. The molecule has 1 N–H and O–H groups in total. The lowest BCUT2D eigenvalue weighted by molar-refractivity contribution is -0.139. The number of carboxylic acids is 1. The molecule has 0 aliphatic heterocycles. The first-order chi connectivity index (χ1) is 7.68. The average Bonchev–Trinajstić information content (AvgIpc) is 2.66. The Morgan fingerprint density at radius 3 is 2.94 bits per heavy atom. The molecule has 0 saturated heterocycles. The molecule has 3 nitrogen and oxygen atoms in total. The monoisotopic (exact) mass is 220 g/mol. The Morgan fingerprint density at radius 2 is 2.25 bits per heavy atom. The molecule has 1 atom stereocenters. The van der Waals surface area contributed by atoms with Gasteiger partial charge in [0, 0.05) is 13.5 Å². The van der Waals surface area contributed by atoms with Crippen LogP contribution in [0.2, 0.25) is 0 Å². The summed E-state index contributed by atoms with van der Waals surface area (Å²) in [5.74, 6) is -0.763. The zero-order valence-electron chi connectivity index (χ0n) is 9.40. The van der Waals surface area contributed by atoms with Crippen LogP contribution in [0.5, 0.6) is 0 Å². The summed E-state index contributed by atoms with van der Waals surface area (Å²) in [7, 11) is 1.67. The van der Waals surface area contributed by atoms with E-state index in [0.717, 1.165) is 12.8 Å². The number of hydrogen-bond acceptors (Lipinski definition) is 2. The van der Waals surface area contributed by atoms with Crippen LogP contribution in [0.1, 0.15) is 30.4 Å². The van der Waals surface area contributed by atoms with Gasteiger partial charge in [0.2, 0.25) is 0 Å². The molecule has 1 aromatic carbocycles. The van der Waals surface area contributed by atoms with E-state index >= 15 is 0 Å². The number of hydrogen-bond donors (Lipinski definition) is 1. The van der Waals surface area contributed by atoms with Crippen molar-refractivity contribution in [2.24, 2.45) is 0 Å². The standard InChI is InChI=1S/C13H16O3/c1-16-13(9-7-12(14)15)8-6-10-4-2-3-5-11(10)13/h2-5H,6-9H2,1H3,(H,14,15). The fraction of sp³-hybridized carbons (Fsp3) is 0.462. The van der Waals surface area contributed by atoms with Crippen LogP contribution in [0.3, 0.4) is 0 Å². The maximum absolute atomic E-state index is 10.7. The molecular formula is C13H16O3. The number of aliphatic carboxylic acids is 1. The second-order valence-corrected chi connectivity index (χ2v) is 4.25. The van der Waals surface area contributed by atoms with Crippen LogP contribution in [0.4, 0.5) is 0 Å². The van der Waals surface area contributed by atoms with E-state index in [2.05, 4.69) is 6.07 Å². The number of carbonyl (C=O) groups is 1. The van der Waals surface area contributed by atoms with Gasteiger partial charge in [-0.2, -0.15) is 0 Å². The lowest BCUT2D eigenvalue weighted by Crippen LogP contribution is -2.26. The van der Waals surface area contributed by atoms with Crippen LogP contribution in [0, 0.1) is 0 Å². The molecule has 3 heteroatoms. The highest BCUT2D eigenvalue weighted by Crippen LogP contribution is 2.42. The van der Waals surface area contributed by atoms with Crippen molar-refractivity contribution >= 4 is 5.97 Å². The second-order valence-electron chi connectivity index (χ2n) is 4.25. The molecule has 16 heavy (non-hydrogen) atoms. The molecule has 1 unspecified atom stereocenters. The Labute approximate surface area is 95.0 Å². The third-order valence-corrected chi connectivity index (χ3v) is 3.44. The van der Waals surface area contributed by atoms with Gasteiger partial charge in [0.25, 0.3) is 0 Å². The highest BCUT2D eigenvalue weighted by molar-refractivity contribution is 5.66. The van der Waals surface area contributed by atoms with Gasteiger partial charge in [0.15, 0.2) is 0 Å². The minimum Gasteiger partial charge on any atom is -0.481 e. The highest BCUT2D eigenvalue weighted by Gasteiger charge is 2.38. The summed E-state index contributed by atoms with van der Waals surface area (Å²) < 4.78 is 5.61. The summed E-state index contributed by atoms with van der Waals surface area (Å²) in [4.78, 5) is 10.7. The SMILES string of the molecule is COC1(CCC(=O)O)CCc2ccccc21. The van der Waals surface area contributed by atoms with E-state index in [1.165, 1.54) is 11.1 Å². The van der Waals surface area contributed by atoms with Gasteiger partial charge in [-0.3, -0.25) is 4.79 Å². The van der Waals surface area contributed by atoms with Crippen molar-refractivity contribution < 1.29 is 14.6 Å². The van der Waals surface area contributed by atoms with Gasteiger partial charge < -0.3 is 9.84 Å². The predicted molar refractivity (Wildman–Crippen MR) is 60.3 cm³/mol. The van der Waals surface area contributed by atoms with Crippen molar-refractivity contribution in [3.63, 3.8) is 0 Å². The molecule has 1 aliphatic carbocycles. The minimum atomic E-state index is -0.763. The van der Waals surface area contributed by atoms with Crippen LogP contribution in [0.15, 0.2) is 24.3 Å². The number of fused-ring (bicyclic) bond motifs is 1. The molecule has 86 valence electrons. The molecule has 0 aromatic heterocycles. The quantitative estimate of drug-likeness (QED) is 0.847. The summed E-state index contributed by atoms with van der Waals surface area (Å²) in [6.45, 7) is 0. The second kappa shape index (κ2) is 4.26. The number of carboxylic acid groups (broad SMARTS) is 1. The number of benzene rings is 1. The van der Waals surface area contributed by atoms with E-state index < -0.39 is 5.97 Å². The predicted octanol–water partition coefficient (Wildman–Crippen LogP) is 2.34. The molecule has 0 heterocycles. The summed E-state index contributed by atoms with van der Waals surface area (Å²) >= 11 is 0. The van der Waals surface area contributed by atoms with Gasteiger partial charge in [-0.1, -0.05) is 24.3 Å². The first kappa shape index (κ1) is 11.1. The van der Waals surface area contributed by atoms with Crippen molar-refractivity contribution in [3.05, 3.63) is 35.4 Å². The van der Waals surface area contributed by atoms with Crippen molar-refractivity contribution in [2.45, 2.75) is 31.3 Å². The van der Waals surface area contributed by atoms with Gasteiger partial charge in [-0.15, -0.1) is 0 Å². The van der Waals surface area contributed by atoms with Crippen LogP contribution < -0.4 is 0 Å². The molecular weight excluding hydrogens is 204 g/mol. The van der Waals surface area contributed by atoms with E-state index in [4.69, 9.17) is 9.84 Å². The van der Waals surface area contributed by atoms with Crippen molar-refractivity contribution in [3.8, 4) is 0 Å². The zero-order chi connectivity index (χ0) is 11.6. The summed E-state index contributed by atoms with van der Waals surface area (Å²) in [5, 5.41) is 8.78. The first-order valence-corrected chi connectivity index (χ1v) is 5.53. The van der Waals surface area contributed by atoms with E-state index in [-0.39, 0.29) is 12.0 Å². The Kier molecular flexibility index (Phi) is 2.97. The lowest BCUT2D eigenvalue weighted by atomic mass is 9.90. The van der Waals surface area contributed by atoms with Gasteiger partial charge in [-0.25, -0.2) is 0 Å². The topological polar surface area (TPSA) is 46.5 Å². The average molecular weight is 220 g/mol. The molecule has 0 fully saturated rings. The minimum absolute atomic E-state index is 0.155. The largest absolute Gasteiger partial charge is 0.481 e. The van der Waals surface area contributed by atoms with Crippen molar-refractivity contribution in [1.29, 1.82) is 0 Å². The van der Waals surface area contributed by atoms with E-state index in [9.17, 15) is 4.79 Å². The Morgan fingerprint density at radius 1 is 1.50 bits per heavy atom. The zero-order valence-corrected chi connectivity index (χ0v) is 9.40. The molecule has 2 rings (SSSR count). The third kappa shape index (κ3) is 1.83. The summed E-state index contributed by atoms with van der Waals surface area (Å²) in [5.41, 5.74) is 2.07. The van der Waals surface area contributed by atoms with Gasteiger partial charge in [0.1, 0.15) is 0 Å².